The fraction of sp³-hybridized carbons (Fsp3) is 0.200. The number of nitrogens with zero attached hydrogens (tertiary/aromatic N) is 3. The molecular formula is C10H10ClN3. The van der Waals surface area contributed by atoms with Crippen molar-refractivity contribution in [3.8, 4) is 0 Å². The van der Waals surface area contributed by atoms with Crippen LogP contribution < -0.4 is 0 Å². The number of benzene rings is 1. The van der Waals surface area contributed by atoms with Crippen molar-refractivity contribution < 1.29 is 0 Å². The van der Waals surface area contributed by atoms with Gasteiger partial charge >= 0.3 is 0 Å². The molecule has 14 heavy (non-hydrogen) atoms. The second-order valence-corrected chi connectivity index (χ2v) is 3.56. The smallest absolute Gasteiger partial charge is 0.0796 e. The summed E-state index contributed by atoms with van der Waals surface area (Å²) in [5, 5.41) is 8.64. The van der Waals surface area contributed by atoms with Crippen LogP contribution in [0.2, 0.25) is 5.02 Å². The highest BCUT2D eigenvalue weighted by Gasteiger charge is 2.01. The first-order chi connectivity index (χ1) is 6.75. The molecule has 0 fully saturated rings. The molecule has 0 saturated carbocycles. The molecule has 4 heteroatoms. The third-order valence-electron chi connectivity index (χ3n) is 1.94. The molecule has 0 spiro atoms. The van der Waals surface area contributed by atoms with E-state index in [0.717, 1.165) is 16.3 Å². The van der Waals surface area contributed by atoms with Crippen molar-refractivity contribution in [3.05, 3.63) is 46.7 Å². The highest BCUT2D eigenvalue weighted by atomic mass is 35.5. The van der Waals surface area contributed by atoms with Crippen LogP contribution >= 0.6 is 11.6 Å². The molecule has 0 unspecified atom stereocenters. The van der Waals surface area contributed by atoms with Crippen molar-refractivity contribution in [2.45, 2.75) is 13.5 Å². The van der Waals surface area contributed by atoms with Gasteiger partial charge in [-0.25, -0.2) is 4.68 Å². The number of hydrogen-bond acceptors (Lipinski definition) is 2. The van der Waals surface area contributed by atoms with Crippen LogP contribution in [0.25, 0.3) is 0 Å². The molecule has 1 aromatic carbocycles. The molecule has 0 aliphatic rings. The molecule has 1 heterocycles. The van der Waals surface area contributed by atoms with Crippen molar-refractivity contribution in [3.63, 3.8) is 0 Å². The Hall–Kier alpha value is -1.35. The number of halogens is 1. The Morgan fingerprint density at radius 2 is 2.14 bits per heavy atom. The summed E-state index contributed by atoms with van der Waals surface area (Å²) in [5.41, 5.74) is 1.97. The van der Waals surface area contributed by atoms with Crippen molar-refractivity contribution in [2.24, 2.45) is 0 Å². The van der Waals surface area contributed by atoms with Gasteiger partial charge in [0.1, 0.15) is 0 Å². The molecule has 3 nitrogen and oxygen atoms in total. The Bertz CT molecular complexity index is 436. The van der Waals surface area contributed by atoms with E-state index in [0.29, 0.717) is 6.54 Å². The SMILES string of the molecule is Cc1cn(Cc2ccccc2Cl)nn1. The zero-order valence-corrected chi connectivity index (χ0v) is 8.57. The quantitative estimate of drug-likeness (QED) is 0.757. The van der Waals surface area contributed by atoms with Gasteiger partial charge in [0.15, 0.2) is 0 Å². The number of rotatable bonds is 2. The van der Waals surface area contributed by atoms with Crippen LogP contribution in [0.15, 0.2) is 30.5 Å². The molecule has 0 saturated heterocycles. The van der Waals surface area contributed by atoms with Gasteiger partial charge in [0.25, 0.3) is 0 Å². The van der Waals surface area contributed by atoms with Crippen LogP contribution in [0.3, 0.4) is 0 Å². The van der Waals surface area contributed by atoms with Crippen molar-refractivity contribution in [1.29, 1.82) is 0 Å². The molecule has 0 aliphatic carbocycles. The number of hydrogen-bond donors (Lipinski definition) is 0. The normalized spacial score (nSPS) is 10.4. The van der Waals surface area contributed by atoms with E-state index in [4.69, 9.17) is 11.6 Å². The van der Waals surface area contributed by atoms with E-state index in [1.165, 1.54) is 0 Å². The average molecular weight is 208 g/mol. The second-order valence-electron chi connectivity index (χ2n) is 3.15. The Morgan fingerprint density at radius 1 is 1.36 bits per heavy atom. The molecule has 0 amide bonds. The van der Waals surface area contributed by atoms with Gasteiger partial charge in [-0.1, -0.05) is 35.0 Å². The van der Waals surface area contributed by atoms with E-state index >= 15 is 0 Å². The number of aromatic nitrogens is 3. The van der Waals surface area contributed by atoms with Gasteiger partial charge in [-0.2, -0.15) is 0 Å². The van der Waals surface area contributed by atoms with Gasteiger partial charge in [-0.05, 0) is 18.6 Å². The van der Waals surface area contributed by atoms with Crippen molar-refractivity contribution >= 4 is 11.6 Å². The lowest BCUT2D eigenvalue weighted by atomic mass is 10.2. The zero-order valence-electron chi connectivity index (χ0n) is 7.81. The standard InChI is InChI=1S/C10H10ClN3/c1-8-6-14(13-12-8)7-9-4-2-3-5-10(9)11/h2-6H,7H2,1H3. The molecule has 0 N–H and O–H groups in total. The molecular weight excluding hydrogens is 198 g/mol. The van der Waals surface area contributed by atoms with Gasteiger partial charge in [0.05, 0.1) is 12.2 Å². The molecule has 0 atom stereocenters. The van der Waals surface area contributed by atoms with Gasteiger partial charge < -0.3 is 0 Å². The highest BCUT2D eigenvalue weighted by molar-refractivity contribution is 6.31. The van der Waals surface area contributed by atoms with E-state index in [-0.39, 0.29) is 0 Å². The maximum Gasteiger partial charge on any atom is 0.0796 e. The van der Waals surface area contributed by atoms with E-state index in [9.17, 15) is 0 Å². The highest BCUT2D eigenvalue weighted by Crippen LogP contribution is 2.15. The average Bonchev–Trinajstić information content (AvgIpc) is 2.56. The molecule has 0 bridgehead atoms. The summed E-state index contributed by atoms with van der Waals surface area (Å²) >= 11 is 6.02. The van der Waals surface area contributed by atoms with Crippen LogP contribution in [0.4, 0.5) is 0 Å². The van der Waals surface area contributed by atoms with E-state index < -0.39 is 0 Å². The summed E-state index contributed by atoms with van der Waals surface area (Å²) in [7, 11) is 0. The van der Waals surface area contributed by atoms with E-state index in [1.54, 1.807) is 4.68 Å². The van der Waals surface area contributed by atoms with Crippen molar-refractivity contribution in [1.82, 2.24) is 15.0 Å². The maximum atomic E-state index is 6.02. The minimum Gasteiger partial charge on any atom is -0.248 e. The minimum absolute atomic E-state index is 0.667. The lowest BCUT2D eigenvalue weighted by molar-refractivity contribution is 0.649. The third kappa shape index (κ3) is 1.93. The fourth-order valence-electron chi connectivity index (χ4n) is 1.27. The largest absolute Gasteiger partial charge is 0.248 e. The predicted octanol–water partition coefficient (Wildman–Crippen LogP) is 2.29. The van der Waals surface area contributed by atoms with Gasteiger partial charge in [-0.15, -0.1) is 5.10 Å². The van der Waals surface area contributed by atoms with Gasteiger partial charge in [0.2, 0.25) is 0 Å². The Morgan fingerprint density at radius 3 is 2.79 bits per heavy atom. The zero-order chi connectivity index (χ0) is 9.97. The molecule has 2 aromatic rings. The topological polar surface area (TPSA) is 30.7 Å². The Labute approximate surface area is 87.3 Å². The lowest BCUT2D eigenvalue weighted by Gasteiger charge is -2.02. The van der Waals surface area contributed by atoms with Gasteiger partial charge in [0, 0.05) is 11.2 Å². The van der Waals surface area contributed by atoms with E-state index in [1.807, 2.05) is 37.4 Å². The lowest BCUT2D eigenvalue weighted by Crippen LogP contribution is -2.00. The summed E-state index contributed by atoms with van der Waals surface area (Å²) in [4.78, 5) is 0. The minimum atomic E-state index is 0.667. The summed E-state index contributed by atoms with van der Waals surface area (Å²) in [5.74, 6) is 0. The number of aryl methyl sites for hydroxylation is 1. The fourth-order valence-corrected chi connectivity index (χ4v) is 1.47. The monoisotopic (exact) mass is 207 g/mol. The molecule has 0 radical (unpaired) electrons. The molecule has 0 aliphatic heterocycles. The van der Waals surface area contributed by atoms with Crippen LogP contribution in [0, 0.1) is 6.92 Å². The summed E-state index contributed by atoms with van der Waals surface area (Å²) in [6.07, 6.45) is 1.89. The third-order valence-corrected chi connectivity index (χ3v) is 2.31. The first-order valence-electron chi connectivity index (χ1n) is 4.36. The summed E-state index contributed by atoms with van der Waals surface area (Å²) in [6.45, 7) is 2.58. The Balaban J connectivity index is 2.23. The van der Waals surface area contributed by atoms with Crippen LogP contribution in [0.5, 0.6) is 0 Å². The van der Waals surface area contributed by atoms with Gasteiger partial charge in [-0.3, -0.25) is 0 Å². The maximum absolute atomic E-state index is 6.02. The van der Waals surface area contributed by atoms with Crippen LogP contribution in [0.1, 0.15) is 11.3 Å². The predicted molar refractivity (Wildman–Crippen MR) is 55.3 cm³/mol. The first-order valence-corrected chi connectivity index (χ1v) is 4.73. The second kappa shape index (κ2) is 3.80. The van der Waals surface area contributed by atoms with Crippen molar-refractivity contribution in [2.75, 3.05) is 0 Å². The van der Waals surface area contributed by atoms with Crippen LogP contribution in [-0.4, -0.2) is 15.0 Å². The van der Waals surface area contributed by atoms with E-state index in [2.05, 4.69) is 10.3 Å². The summed E-state index contributed by atoms with van der Waals surface area (Å²) < 4.78 is 1.77. The molecule has 72 valence electrons. The molecule has 1 aromatic heterocycles. The van der Waals surface area contributed by atoms with Crippen LogP contribution in [-0.2, 0) is 6.54 Å². The molecule has 2 rings (SSSR count). The Kier molecular flexibility index (Phi) is 2.50. The summed E-state index contributed by atoms with van der Waals surface area (Å²) in [6, 6.07) is 7.74. The first kappa shape index (κ1) is 9.21.